The van der Waals surface area contributed by atoms with Crippen LogP contribution in [0, 0.1) is 5.41 Å². The number of carbonyl (C=O) groups excluding carboxylic acids is 2. The van der Waals surface area contributed by atoms with Gasteiger partial charge in [-0.2, -0.15) is 0 Å². The Morgan fingerprint density at radius 3 is 2.50 bits per heavy atom. The van der Waals surface area contributed by atoms with E-state index in [1.54, 1.807) is 4.90 Å². The van der Waals surface area contributed by atoms with E-state index >= 15 is 0 Å². The topological polar surface area (TPSA) is 86.7 Å². The van der Waals surface area contributed by atoms with Gasteiger partial charge in [-0.05, 0) is 37.8 Å². The minimum atomic E-state index is -1.31. The summed E-state index contributed by atoms with van der Waals surface area (Å²) in [7, 11) is 0. The van der Waals surface area contributed by atoms with Crippen molar-refractivity contribution in [3.05, 3.63) is 30.3 Å². The Labute approximate surface area is 128 Å². The highest BCUT2D eigenvalue weighted by Gasteiger charge is 2.57. The molecule has 1 aliphatic heterocycles. The molecule has 6 heteroatoms. The van der Waals surface area contributed by atoms with Crippen LogP contribution in [-0.4, -0.2) is 35.5 Å². The minimum absolute atomic E-state index is 0.174. The smallest absolute Gasteiger partial charge is 0.319 e. The molecule has 6 nitrogen and oxygen atoms in total. The standard InChI is InChI=1S/C16H18N2O4/c19-13-12(17-14(20)16(8-9-16)15(21)22)7-4-10-18(13)11-5-2-1-3-6-11/h1-3,5-6,12H,4,7-10H2,(H,17,20)(H,21,22)/t12-/m1/s1. The van der Waals surface area contributed by atoms with Crippen molar-refractivity contribution >= 4 is 23.5 Å². The summed E-state index contributed by atoms with van der Waals surface area (Å²) in [6.07, 6.45) is 2.00. The van der Waals surface area contributed by atoms with E-state index in [2.05, 4.69) is 5.32 Å². The fourth-order valence-corrected chi connectivity index (χ4v) is 2.83. The van der Waals surface area contributed by atoms with Gasteiger partial charge in [0.1, 0.15) is 11.5 Å². The summed E-state index contributed by atoms with van der Waals surface area (Å²) in [6, 6.07) is 8.64. The number of nitrogens with zero attached hydrogens (tertiary/aromatic N) is 1. The van der Waals surface area contributed by atoms with Crippen LogP contribution >= 0.6 is 0 Å². The molecule has 2 aliphatic rings. The quantitative estimate of drug-likeness (QED) is 0.817. The van der Waals surface area contributed by atoms with Crippen LogP contribution in [0.15, 0.2) is 30.3 Å². The molecule has 0 unspecified atom stereocenters. The SMILES string of the molecule is O=C1[C@H](NC(=O)C2(C(=O)O)CC2)CCCN1c1ccccc1. The van der Waals surface area contributed by atoms with Crippen molar-refractivity contribution in [2.24, 2.45) is 5.41 Å². The number of nitrogens with one attached hydrogen (secondary N) is 1. The molecule has 1 heterocycles. The lowest BCUT2D eigenvalue weighted by atomic mass is 10.0. The Morgan fingerprint density at radius 1 is 1.23 bits per heavy atom. The molecule has 1 aromatic rings. The summed E-state index contributed by atoms with van der Waals surface area (Å²) in [5.74, 6) is -1.81. The first-order valence-electron chi connectivity index (χ1n) is 7.45. The molecule has 0 aromatic heterocycles. The van der Waals surface area contributed by atoms with Gasteiger partial charge in [-0.15, -0.1) is 0 Å². The van der Waals surface area contributed by atoms with E-state index in [4.69, 9.17) is 5.11 Å². The number of benzene rings is 1. The molecule has 1 saturated heterocycles. The Balaban J connectivity index is 1.71. The predicted octanol–water partition coefficient (Wildman–Crippen LogP) is 1.16. The van der Waals surface area contributed by atoms with Gasteiger partial charge in [0.05, 0.1) is 0 Å². The molecule has 1 saturated carbocycles. The van der Waals surface area contributed by atoms with Crippen molar-refractivity contribution in [2.75, 3.05) is 11.4 Å². The lowest BCUT2D eigenvalue weighted by molar-refractivity contribution is -0.150. The van der Waals surface area contributed by atoms with Gasteiger partial charge >= 0.3 is 5.97 Å². The molecular formula is C16H18N2O4. The maximum atomic E-state index is 12.5. The fraction of sp³-hybridized carbons (Fsp3) is 0.438. The molecule has 1 aliphatic carbocycles. The number of carbonyl (C=O) groups is 3. The highest BCUT2D eigenvalue weighted by Crippen LogP contribution is 2.46. The summed E-state index contributed by atoms with van der Waals surface area (Å²) >= 11 is 0. The third-order valence-corrected chi connectivity index (χ3v) is 4.41. The van der Waals surface area contributed by atoms with E-state index in [1.807, 2.05) is 30.3 Å². The zero-order valence-corrected chi connectivity index (χ0v) is 12.1. The van der Waals surface area contributed by atoms with Crippen LogP contribution in [0.5, 0.6) is 0 Å². The average molecular weight is 302 g/mol. The number of aliphatic carboxylic acids is 1. The van der Waals surface area contributed by atoms with E-state index in [9.17, 15) is 14.4 Å². The molecule has 0 bridgehead atoms. The predicted molar refractivity (Wildman–Crippen MR) is 79.3 cm³/mol. The van der Waals surface area contributed by atoms with E-state index in [0.717, 1.165) is 12.1 Å². The zero-order chi connectivity index (χ0) is 15.7. The van der Waals surface area contributed by atoms with Gasteiger partial charge in [-0.1, -0.05) is 18.2 Å². The Morgan fingerprint density at radius 2 is 1.91 bits per heavy atom. The first-order valence-corrected chi connectivity index (χ1v) is 7.45. The highest BCUT2D eigenvalue weighted by atomic mass is 16.4. The third-order valence-electron chi connectivity index (χ3n) is 4.41. The molecular weight excluding hydrogens is 284 g/mol. The molecule has 22 heavy (non-hydrogen) atoms. The maximum Gasteiger partial charge on any atom is 0.319 e. The van der Waals surface area contributed by atoms with Crippen LogP contribution in [0.4, 0.5) is 5.69 Å². The number of hydrogen-bond donors (Lipinski definition) is 2. The number of anilines is 1. The molecule has 3 rings (SSSR count). The molecule has 2 fully saturated rings. The fourth-order valence-electron chi connectivity index (χ4n) is 2.83. The van der Waals surface area contributed by atoms with Gasteiger partial charge in [-0.3, -0.25) is 14.4 Å². The normalized spacial score (nSPS) is 23.0. The summed E-state index contributed by atoms with van der Waals surface area (Å²) < 4.78 is 0. The van der Waals surface area contributed by atoms with E-state index in [0.29, 0.717) is 25.8 Å². The Kier molecular flexibility index (Phi) is 3.60. The van der Waals surface area contributed by atoms with Gasteiger partial charge in [0.2, 0.25) is 11.8 Å². The molecule has 2 N–H and O–H groups in total. The molecule has 0 radical (unpaired) electrons. The highest BCUT2D eigenvalue weighted by molar-refractivity contribution is 6.07. The van der Waals surface area contributed by atoms with Gasteiger partial charge in [0.25, 0.3) is 0 Å². The van der Waals surface area contributed by atoms with E-state index in [-0.39, 0.29) is 5.91 Å². The van der Waals surface area contributed by atoms with Gasteiger partial charge in [-0.25, -0.2) is 0 Å². The second kappa shape index (κ2) is 5.44. The monoisotopic (exact) mass is 302 g/mol. The Hall–Kier alpha value is -2.37. The first-order chi connectivity index (χ1) is 10.5. The first kappa shape index (κ1) is 14.6. The molecule has 0 spiro atoms. The summed E-state index contributed by atoms with van der Waals surface area (Å²) in [5.41, 5.74) is -0.513. The lowest BCUT2D eigenvalue weighted by Gasteiger charge is -2.33. The Bertz CT molecular complexity index is 610. The van der Waals surface area contributed by atoms with Crippen molar-refractivity contribution in [3.8, 4) is 0 Å². The summed E-state index contributed by atoms with van der Waals surface area (Å²) in [6.45, 7) is 0.610. The zero-order valence-electron chi connectivity index (χ0n) is 12.1. The average Bonchev–Trinajstić information content (AvgIpc) is 3.32. The number of amides is 2. The molecule has 1 aromatic carbocycles. The van der Waals surface area contributed by atoms with Gasteiger partial charge in [0, 0.05) is 12.2 Å². The van der Waals surface area contributed by atoms with Crippen LogP contribution in [0.25, 0.3) is 0 Å². The van der Waals surface area contributed by atoms with Crippen LogP contribution in [0.1, 0.15) is 25.7 Å². The van der Waals surface area contributed by atoms with Gasteiger partial charge < -0.3 is 15.3 Å². The van der Waals surface area contributed by atoms with Crippen LogP contribution < -0.4 is 10.2 Å². The van der Waals surface area contributed by atoms with Crippen molar-refractivity contribution in [1.82, 2.24) is 5.32 Å². The van der Waals surface area contributed by atoms with Crippen molar-refractivity contribution in [1.29, 1.82) is 0 Å². The van der Waals surface area contributed by atoms with Crippen LogP contribution in [-0.2, 0) is 14.4 Å². The largest absolute Gasteiger partial charge is 0.480 e. The molecule has 1 atom stereocenters. The van der Waals surface area contributed by atoms with Crippen molar-refractivity contribution < 1.29 is 19.5 Å². The number of carboxylic acids is 1. The third kappa shape index (κ3) is 2.45. The number of carboxylic acid groups (broad SMARTS) is 1. The van der Waals surface area contributed by atoms with E-state index in [1.165, 1.54) is 0 Å². The second-order valence-corrected chi connectivity index (χ2v) is 5.88. The maximum absolute atomic E-state index is 12.5. The minimum Gasteiger partial charge on any atom is -0.480 e. The summed E-state index contributed by atoms with van der Waals surface area (Å²) in [5, 5.41) is 11.8. The molecule has 116 valence electrons. The lowest BCUT2D eigenvalue weighted by Crippen LogP contribution is -2.54. The van der Waals surface area contributed by atoms with Crippen LogP contribution in [0.2, 0.25) is 0 Å². The number of para-hydroxylation sites is 1. The number of hydrogen-bond acceptors (Lipinski definition) is 3. The van der Waals surface area contributed by atoms with Crippen molar-refractivity contribution in [2.45, 2.75) is 31.7 Å². The second-order valence-electron chi connectivity index (χ2n) is 5.88. The van der Waals surface area contributed by atoms with Gasteiger partial charge in [0.15, 0.2) is 0 Å². The number of piperidine rings is 1. The van der Waals surface area contributed by atoms with Crippen LogP contribution in [0.3, 0.4) is 0 Å². The van der Waals surface area contributed by atoms with E-state index < -0.39 is 23.3 Å². The summed E-state index contributed by atoms with van der Waals surface area (Å²) in [4.78, 5) is 37.5. The number of rotatable bonds is 4. The van der Waals surface area contributed by atoms with Crippen molar-refractivity contribution in [3.63, 3.8) is 0 Å². The molecule has 2 amide bonds.